The highest BCUT2D eigenvalue weighted by Crippen LogP contribution is 2.40. The first-order chi connectivity index (χ1) is 26.7. The highest BCUT2D eigenvalue weighted by atomic mass is 19.3. The number of aliphatic hydroxyl groups is 1. The zero-order chi connectivity index (χ0) is 40.3. The Bertz CT molecular complexity index is 2390. The number of rotatable bonds is 16. The van der Waals surface area contributed by atoms with E-state index in [2.05, 4.69) is 29.6 Å². The summed E-state index contributed by atoms with van der Waals surface area (Å²) >= 11 is 0. The number of benzene rings is 5. The fraction of sp³-hybridized carbons (Fsp3) is 0.348. The van der Waals surface area contributed by atoms with E-state index in [0.29, 0.717) is 22.6 Å². The number of hydrogen-bond donors (Lipinski definition) is 1. The van der Waals surface area contributed by atoms with E-state index in [0.717, 1.165) is 81.5 Å². The average molecular weight is 769 g/mol. The van der Waals surface area contributed by atoms with Crippen molar-refractivity contribution in [3.05, 3.63) is 124 Å². The molecule has 0 saturated carbocycles. The molecule has 6 aromatic rings. The van der Waals surface area contributed by atoms with Crippen molar-refractivity contribution in [3.63, 3.8) is 0 Å². The van der Waals surface area contributed by atoms with Crippen LogP contribution in [0, 0.1) is 26.7 Å². The van der Waals surface area contributed by atoms with Crippen molar-refractivity contribution in [2.75, 3.05) is 6.61 Å². The molecule has 1 heterocycles. The van der Waals surface area contributed by atoms with Gasteiger partial charge in [-0.25, -0.2) is 8.78 Å². The number of aliphatic hydroxyl groups excluding tert-OH is 1. The Morgan fingerprint density at radius 3 is 2.20 bits per heavy atom. The fourth-order valence-electron chi connectivity index (χ4n) is 7.75. The number of halogens is 4. The average Bonchev–Trinajstić information content (AvgIpc) is 3.47. The van der Waals surface area contributed by atoms with E-state index in [1.807, 2.05) is 75.4 Å². The minimum Gasteiger partial charge on any atom is -0.486 e. The number of oxime groups is 1. The molecule has 0 bridgehead atoms. The maximum Gasteiger partial charge on any atom is 0.340 e. The van der Waals surface area contributed by atoms with Gasteiger partial charge in [-0.05, 0) is 80.0 Å². The minimum absolute atomic E-state index is 0.0798. The van der Waals surface area contributed by atoms with Crippen molar-refractivity contribution >= 4 is 44.1 Å². The number of aryl methyl sites for hydroxylation is 3. The zero-order valence-electron chi connectivity index (χ0n) is 32.6. The van der Waals surface area contributed by atoms with Crippen LogP contribution in [0.25, 0.3) is 32.6 Å². The minimum atomic E-state index is -4.39. The third-order valence-electron chi connectivity index (χ3n) is 10.4. The summed E-state index contributed by atoms with van der Waals surface area (Å²) in [6, 6.07) is 25.8. The van der Waals surface area contributed by atoms with Crippen LogP contribution in [0.4, 0.5) is 17.6 Å². The van der Waals surface area contributed by atoms with Crippen LogP contribution >= 0.6 is 0 Å². The van der Waals surface area contributed by atoms with Gasteiger partial charge in [-0.2, -0.15) is 8.78 Å². The summed E-state index contributed by atoms with van der Waals surface area (Å²) in [7, 11) is 0. The summed E-state index contributed by atoms with van der Waals surface area (Å²) in [4.78, 5) is 20.0. The summed E-state index contributed by atoms with van der Waals surface area (Å²) in [5, 5.41) is 17.7. The number of carbonyl (C=O) groups is 1. The molecule has 0 saturated heterocycles. The lowest BCUT2D eigenvalue weighted by atomic mass is 9.89. The molecule has 294 valence electrons. The quantitative estimate of drug-likeness (QED) is 0.0350. The first-order valence-electron chi connectivity index (χ1n) is 19.2. The van der Waals surface area contributed by atoms with E-state index in [1.165, 1.54) is 19.1 Å². The van der Waals surface area contributed by atoms with E-state index in [9.17, 15) is 27.5 Å². The Morgan fingerprint density at radius 2 is 1.54 bits per heavy atom. The molecule has 0 aliphatic rings. The lowest BCUT2D eigenvalue weighted by Crippen LogP contribution is -2.34. The van der Waals surface area contributed by atoms with Crippen molar-refractivity contribution in [2.45, 2.75) is 92.4 Å². The van der Waals surface area contributed by atoms with E-state index in [4.69, 9.17) is 9.57 Å². The number of ketones is 1. The molecule has 0 fully saturated rings. The second-order valence-corrected chi connectivity index (χ2v) is 14.7. The molecule has 1 aromatic heterocycles. The lowest BCUT2D eigenvalue weighted by Gasteiger charge is -2.19. The van der Waals surface area contributed by atoms with Crippen LogP contribution in [0.3, 0.4) is 0 Å². The summed E-state index contributed by atoms with van der Waals surface area (Å²) in [5.74, 6) is -4.20. The Balaban J connectivity index is 1.63. The maximum atomic E-state index is 14.7. The van der Waals surface area contributed by atoms with Gasteiger partial charge in [0.05, 0.1) is 5.52 Å². The first kappa shape index (κ1) is 40.4. The van der Waals surface area contributed by atoms with E-state index >= 15 is 0 Å². The van der Waals surface area contributed by atoms with Gasteiger partial charge in [0.2, 0.25) is 6.29 Å². The largest absolute Gasteiger partial charge is 0.486 e. The molecule has 2 unspecified atom stereocenters. The van der Waals surface area contributed by atoms with Gasteiger partial charge in [0.1, 0.15) is 11.5 Å². The molecule has 0 amide bonds. The molecule has 10 heteroatoms. The number of nitrogens with zero attached hydrogens (tertiary/aromatic N) is 2. The van der Waals surface area contributed by atoms with Crippen LogP contribution in [-0.2, 0) is 11.4 Å². The van der Waals surface area contributed by atoms with E-state index in [1.54, 1.807) is 12.1 Å². The first-order valence-corrected chi connectivity index (χ1v) is 19.2. The number of alkyl halides is 4. The number of unbranched alkanes of at least 4 members (excludes halogenated alkanes) is 1. The summed E-state index contributed by atoms with van der Waals surface area (Å²) in [6.07, 6.45) is -1.02. The number of aromatic nitrogens is 1. The topological polar surface area (TPSA) is 73.1 Å². The molecule has 2 atom stereocenters. The SMILES string of the molecule is CCCCC(CC)Cn1c2ccc(/C(=N/OC(C)O)c3ccccc3OCC(F)(F)C(F)F)cc2c2cc(C(=O)c3c(C)cc(C)cc3C)c3ccccc3c21. The van der Waals surface area contributed by atoms with Crippen LogP contribution in [0.2, 0.25) is 0 Å². The Labute approximate surface area is 324 Å². The van der Waals surface area contributed by atoms with Crippen molar-refractivity contribution in [2.24, 2.45) is 11.1 Å². The predicted octanol–water partition coefficient (Wildman–Crippen LogP) is 11.7. The molecule has 0 radical (unpaired) electrons. The van der Waals surface area contributed by atoms with Gasteiger partial charge < -0.3 is 19.2 Å². The molecule has 0 aliphatic carbocycles. The molecule has 0 aliphatic heterocycles. The smallest absolute Gasteiger partial charge is 0.340 e. The number of fused-ring (bicyclic) bond motifs is 5. The standard InChI is InChI=1S/C46H48F4N2O4/c1-7-9-14-31(8-2)25-52-39-20-19-32(42(51-56-30(6)53)35-17-12-13-18-40(35)55-26-46(49,50)45(47)48)23-36(39)37-24-38(33-15-10-11-16-34(33)43(37)52)44(54)41-28(4)21-27(3)22-29(41)5/h10-13,15-24,30-31,45,53H,7-9,14,25-26H2,1-6H3/b51-42-. The predicted molar refractivity (Wildman–Crippen MR) is 216 cm³/mol. The number of carbonyl (C=O) groups excluding carboxylic acids is 1. The second kappa shape index (κ2) is 16.9. The molecule has 6 nitrogen and oxygen atoms in total. The molecule has 1 N–H and O–H groups in total. The van der Waals surface area contributed by atoms with Crippen molar-refractivity contribution < 1.29 is 37.0 Å². The van der Waals surface area contributed by atoms with Crippen LogP contribution in [-0.4, -0.2) is 46.4 Å². The molecule has 0 spiro atoms. The van der Waals surface area contributed by atoms with Gasteiger partial charge in [0.25, 0.3) is 0 Å². The van der Waals surface area contributed by atoms with Crippen LogP contribution in [0.1, 0.15) is 90.2 Å². The van der Waals surface area contributed by atoms with Gasteiger partial charge in [0.15, 0.2) is 12.4 Å². The zero-order valence-corrected chi connectivity index (χ0v) is 32.6. The highest BCUT2D eigenvalue weighted by Gasteiger charge is 2.42. The van der Waals surface area contributed by atoms with E-state index in [-0.39, 0.29) is 22.8 Å². The van der Waals surface area contributed by atoms with Crippen LogP contribution < -0.4 is 4.74 Å². The molecular formula is C46H48F4N2O4. The number of ether oxygens (including phenoxy) is 1. The Morgan fingerprint density at radius 1 is 0.857 bits per heavy atom. The third-order valence-corrected chi connectivity index (χ3v) is 10.4. The second-order valence-electron chi connectivity index (χ2n) is 14.7. The molecular weight excluding hydrogens is 721 g/mol. The van der Waals surface area contributed by atoms with Gasteiger partial charge in [0, 0.05) is 57.4 Å². The normalized spacial score (nSPS) is 13.5. The Kier molecular flexibility index (Phi) is 12.2. The highest BCUT2D eigenvalue weighted by molar-refractivity contribution is 6.27. The monoisotopic (exact) mass is 768 g/mol. The Hall–Kier alpha value is -5.22. The molecule has 5 aromatic carbocycles. The van der Waals surface area contributed by atoms with Crippen molar-refractivity contribution in [1.29, 1.82) is 0 Å². The number of hydrogen-bond acceptors (Lipinski definition) is 5. The maximum absolute atomic E-state index is 14.7. The molecule has 6 rings (SSSR count). The van der Waals surface area contributed by atoms with Gasteiger partial charge >= 0.3 is 12.3 Å². The third kappa shape index (κ3) is 8.17. The van der Waals surface area contributed by atoms with Crippen molar-refractivity contribution in [3.8, 4) is 5.75 Å². The number of para-hydroxylation sites is 1. The van der Waals surface area contributed by atoms with Gasteiger partial charge in [-0.1, -0.05) is 98.4 Å². The summed E-state index contributed by atoms with van der Waals surface area (Å²) in [5.41, 5.74) is 6.81. The summed E-state index contributed by atoms with van der Waals surface area (Å²) < 4.78 is 61.9. The van der Waals surface area contributed by atoms with Gasteiger partial charge in [-0.3, -0.25) is 4.79 Å². The van der Waals surface area contributed by atoms with Crippen LogP contribution in [0.15, 0.2) is 90.1 Å². The summed E-state index contributed by atoms with van der Waals surface area (Å²) in [6.45, 7) is 10.9. The lowest BCUT2D eigenvalue weighted by molar-refractivity contribution is -0.148. The van der Waals surface area contributed by atoms with E-state index < -0.39 is 25.2 Å². The van der Waals surface area contributed by atoms with Gasteiger partial charge in [-0.15, -0.1) is 0 Å². The van der Waals surface area contributed by atoms with Crippen LogP contribution in [0.5, 0.6) is 5.75 Å². The van der Waals surface area contributed by atoms with Crippen molar-refractivity contribution in [1.82, 2.24) is 4.57 Å². The fourth-order valence-corrected chi connectivity index (χ4v) is 7.75. The molecule has 56 heavy (non-hydrogen) atoms.